The van der Waals surface area contributed by atoms with E-state index in [9.17, 15) is 0 Å². The smallest absolute Gasteiger partial charge is 0.0642 e. The predicted molar refractivity (Wildman–Crippen MR) is 87.6 cm³/mol. The summed E-state index contributed by atoms with van der Waals surface area (Å²) in [6.07, 6.45) is 2.55. The highest BCUT2D eigenvalue weighted by molar-refractivity contribution is 9.08. The summed E-state index contributed by atoms with van der Waals surface area (Å²) in [6.45, 7) is 0.964. The molecule has 1 aliphatic carbocycles. The molecule has 0 unspecified atom stereocenters. The zero-order valence-electron chi connectivity index (χ0n) is 10.5. The van der Waals surface area contributed by atoms with Gasteiger partial charge in [0.2, 0.25) is 0 Å². The summed E-state index contributed by atoms with van der Waals surface area (Å²) < 4.78 is 0. The topological polar surface area (TPSA) is 3.24 Å². The van der Waals surface area contributed by atoms with E-state index >= 15 is 0 Å². The summed E-state index contributed by atoms with van der Waals surface area (Å²) in [6, 6.07) is 11.1. The molecule has 0 atom stereocenters. The molecule has 19 heavy (non-hydrogen) atoms. The van der Waals surface area contributed by atoms with Crippen LogP contribution in [0.4, 0.5) is 5.69 Å². The van der Waals surface area contributed by atoms with E-state index in [1.165, 1.54) is 29.0 Å². The van der Waals surface area contributed by atoms with Gasteiger partial charge in [0.25, 0.3) is 0 Å². The molecule has 1 aromatic carbocycles. The number of thiophene rings is 1. The van der Waals surface area contributed by atoms with Crippen LogP contribution >= 0.6 is 38.9 Å². The number of alkyl halides is 1. The molecular formula is C15H15BrClNS. The van der Waals surface area contributed by atoms with Crippen molar-refractivity contribution in [1.82, 2.24) is 0 Å². The van der Waals surface area contributed by atoms with Gasteiger partial charge >= 0.3 is 0 Å². The number of hydrogen-bond acceptors (Lipinski definition) is 2. The van der Waals surface area contributed by atoms with Gasteiger partial charge in [0, 0.05) is 16.2 Å². The van der Waals surface area contributed by atoms with Crippen LogP contribution in [0.15, 0.2) is 35.7 Å². The van der Waals surface area contributed by atoms with Gasteiger partial charge in [-0.1, -0.05) is 45.7 Å². The van der Waals surface area contributed by atoms with Gasteiger partial charge < -0.3 is 4.90 Å². The molecule has 0 saturated heterocycles. The lowest BCUT2D eigenvalue weighted by Gasteiger charge is -2.27. The van der Waals surface area contributed by atoms with Gasteiger partial charge in [-0.3, -0.25) is 0 Å². The number of nitrogens with zero attached hydrogens (tertiary/aromatic N) is 1. The third-order valence-corrected chi connectivity index (χ3v) is 5.17. The summed E-state index contributed by atoms with van der Waals surface area (Å²) in [5.74, 6) is 0. The molecule has 0 N–H and O–H groups in total. The molecule has 0 radical (unpaired) electrons. The Morgan fingerprint density at radius 1 is 1.26 bits per heavy atom. The largest absolute Gasteiger partial charge is 0.362 e. The molecule has 0 amide bonds. The third kappa shape index (κ3) is 2.99. The Hall–Kier alpha value is -0.510. The molecule has 1 heterocycles. The lowest BCUT2D eigenvalue weighted by Crippen LogP contribution is -2.26. The van der Waals surface area contributed by atoms with E-state index in [1.807, 2.05) is 23.5 Å². The maximum absolute atomic E-state index is 6.46. The molecule has 2 aromatic rings. The first-order valence-corrected chi connectivity index (χ1v) is 8.80. The van der Waals surface area contributed by atoms with Crippen molar-refractivity contribution < 1.29 is 0 Å². The zero-order chi connectivity index (χ0) is 13.2. The first kappa shape index (κ1) is 13.5. The molecular weight excluding hydrogens is 342 g/mol. The van der Waals surface area contributed by atoms with Crippen LogP contribution in [0.2, 0.25) is 5.02 Å². The van der Waals surface area contributed by atoms with E-state index in [0.717, 1.165) is 16.9 Å². The molecule has 0 aliphatic heterocycles. The molecule has 1 fully saturated rings. The number of para-hydroxylation sites is 1. The van der Waals surface area contributed by atoms with Gasteiger partial charge in [0.1, 0.15) is 0 Å². The average Bonchev–Trinajstić information content (AvgIpc) is 3.14. The quantitative estimate of drug-likeness (QED) is 0.642. The van der Waals surface area contributed by atoms with E-state index in [1.54, 1.807) is 0 Å². The van der Waals surface area contributed by atoms with Crippen molar-refractivity contribution in [3.8, 4) is 0 Å². The summed E-state index contributed by atoms with van der Waals surface area (Å²) in [4.78, 5) is 3.87. The van der Waals surface area contributed by atoms with Crippen LogP contribution in [-0.2, 0) is 11.9 Å². The second-order valence-corrected chi connectivity index (χ2v) is 6.82. The third-order valence-electron chi connectivity index (χ3n) is 3.40. The minimum atomic E-state index is 0.653. The van der Waals surface area contributed by atoms with Crippen molar-refractivity contribution in [2.75, 3.05) is 4.90 Å². The molecule has 0 spiro atoms. The fourth-order valence-electron chi connectivity index (χ4n) is 2.34. The minimum Gasteiger partial charge on any atom is -0.362 e. The molecule has 1 saturated carbocycles. The van der Waals surface area contributed by atoms with Crippen molar-refractivity contribution in [3.63, 3.8) is 0 Å². The molecule has 4 heteroatoms. The van der Waals surface area contributed by atoms with Crippen LogP contribution in [0.25, 0.3) is 0 Å². The van der Waals surface area contributed by atoms with E-state index in [4.69, 9.17) is 11.6 Å². The molecule has 100 valence electrons. The highest BCUT2D eigenvalue weighted by Crippen LogP contribution is 2.40. The summed E-state index contributed by atoms with van der Waals surface area (Å²) in [5, 5.41) is 3.84. The standard InChI is InChI=1S/C15H15BrClNS/c16-9-11-3-1-5-14(17)15(11)18(12-6-7-12)10-13-4-2-8-19-13/h1-5,8,12H,6-7,9-10H2. The van der Waals surface area contributed by atoms with Crippen LogP contribution in [-0.4, -0.2) is 6.04 Å². The van der Waals surface area contributed by atoms with Crippen LogP contribution < -0.4 is 4.90 Å². The van der Waals surface area contributed by atoms with E-state index in [2.05, 4.69) is 44.4 Å². The first-order chi connectivity index (χ1) is 9.29. The number of halogens is 2. The predicted octanol–water partition coefficient (Wildman–Crippen LogP) is 5.47. The van der Waals surface area contributed by atoms with E-state index in [0.29, 0.717) is 6.04 Å². The van der Waals surface area contributed by atoms with Crippen LogP contribution in [0, 0.1) is 0 Å². The lowest BCUT2D eigenvalue weighted by molar-refractivity contribution is 0.799. The Balaban J connectivity index is 1.96. The molecule has 3 rings (SSSR count). The summed E-state index contributed by atoms with van der Waals surface area (Å²) >= 11 is 11.8. The molecule has 1 aliphatic rings. The van der Waals surface area contributed by atoms with E-state index in [-0.39, 0.29) is 0 Å². The Morgan fingerprint density at radius 2 is 2.11 bits per heavy atom. The molecule has 1 aromatic heterocycles. The number of anilines is 1. The monoisotopic (exact) mass is 355 g/mol. The van der Waals surface area contributed by atoms with Crippen molar-refractivity contribution >= 4 is 44.6 Å². The second kappa shape index (κ2) is 5.86. The minimum absolute atomic E-state index is 0.653. The maximum Gasteiger partial charge on any atom is 0.0642 e. The Bertz CT molecular complexity index is 551. The normalized spacial score (nSPS) is 14.6. The van der Waals surface area contributed by atoms with Crippen molar-refractivity contribution in [3.05, 3.63) is 51.2 Å². The number of rotatable bonds is 5. The lowest BCUT2D eigenvalue weighted by atomic mass is 10.1. The van der Waals surface area contributed by atoms with Crippen LogP contribution in [0.1, 0.15) is 23.3 Å². The van der Waals surface area contributed by atoms with Crippen LogP contribution in [0.5, 0.6) is 0 Å². The van der Waals surface area contributed by atoms with Crippen molar-refractivity contribution in [2.24, 2.45) is 0 Å². The first-order valence-electron chi connectivity index (χ1n) is 6.42. The van der Waals surface area contributed by atoms with Crippen LogP contribution in [0.3, 0.4) is 0 Å². The summed E-state index contributed by atoms with van der Waals surface area (Å²) in [7, 11) is 0. The number of benzene rings is 1. The fourth-order valence-corrected chi connectivity index (χ4v) is 3.79. The van der Waals surface area contributed by atoms with Crippen molar-refractivity contribution in [1.29, 1.82) is 0 Å². The van der Waals surface area contributed by atoms with Crippen molar-refractivity contribution in [2.45, 2.75) is 30.8 Å². The fraction of sp³-hybridized carbons (Fsp3) is 0.333. The zero-order valence-corrected chi connectivity index (χ0v) is 13.6. The van der Waals surface area contributed by atoms with E-state index < -0.39 is 0 Å². The summed E-state index contributed by atoms with van der Waals surface area (Å²) in [5.41, 5.74) is 2.48. The number of hydrogen-bond donors (Lipinski definition) is 0. The molecule has 0 bridgehead atoms. The van der Waals surface area contributed by atoms with Gasteiger partial charge in [0.15, 0.2) is 0 Å². The average molecular weight is 357 g/mol. The van der Waals surface area contributed by atoms with Gasteiger partial charge in [-0.15, -0.1) is 11.3 Å². The second-order valence-electron chi connectivity index (χ2n) is 4.82. The maximum atomic E-state index is 6.46. The Kier molecular flexibility index (Phi) is 4.15. The highest BCUT2D eigenvalue weighted by Gasteiger charge is 2.31. The van der Waals surface area contributed by atoms with Gasteiger partial charge in [0.05, 0.1) is 17.3 Å². The highest BCUT2D eigenvalue weighted by atomic mass is 79.9. The molecule has 1 nitrogen and oxygen atoms in total. The van der Waals surface area contributed by atoms with Gasteiger partial charge in [-0.25, -0.2) is 0 Å². The SMILES string of the molecule is Clc1cccc(CBr)c1N(Cc1cccs1)C1CC1. The van der Waals surface area contributed by atoms with Gasteiger partial charge in [-0.2, -0.15) is 0 Å². The van der Waals surface area contributed by atoms with Gasteiger partial charge in [-0.05, 0) is 35.9 Å². The Labute approximate surface area is 131 Å². The Morgan fingerprint density at radius 3 is 2.74 bits per heavy atom.